The maximum Gasteiger partial charge on any atom is 0.138 e. The molecular weight excluding hydrogens is 250 g/mol. The lowest BCUT2D eigenvalue weighted by molar-refractivity contribution is -0.0204. The van der Waals surface area contributed by atoms with Crippen LogP contribution in [-0.4, -0.2) is 16.2 Å². The summed E-state index contributed by atoms with van der Waals surface area (Å²) in [5, 5.41) is 10.9. The van der Waals surface area contributed by atoms with E-state index in [2.05, 4.69) is 18.8 Å². The van der Waals surface area contributed by atoms with Crippen molar-refractivity contribution in [2.24, 2.45) is 11.8 Å². The van der Waals surface area contributed by atoms with Crippen LogP contribution in [0.15, 0.2) is 18.5 Å². The molecule has 1 aliphatic carbocycles. The SMILES string of the molecule is CC(C)Oc1cncc(C2(O)CCC(C(C)C)CC2)c1. The van der Waals surface area contributed by atoms with E-state index in [0.29, 0.717) is 5.92 Å². The van der Waals surface area contributed by atoms with E-state index in [9.17, 15) is 5.11 Å². The first kappa shape index (κ1) is 15.3. The molecule has 0 atom stereocenters. The number of rotatable bonds is 4. The number of aliphatic hydroxyl groups is 1. The first-order chi connectivity index (χ1) is 9.40. The Morgan fingerprint density at radius 3 is 2.40 bits per heavy atom. The number of hydrogen-bond donors (Lipinski definition) is 1. The van der Waals surface area contributed by atoms with Gasteiger partial charge in [-0.25, -0.2) is 0 Å². The lowest BCUT2D eigenvalue weighted by atomic mass is 9.72. The van der Waals surface area contributed by atoms with Gasteiger partial charge in [0, 0.05) is 11.8 Å². The second kappa shape index (κ2) is 6.13. The van der Waals surface area contributed by atoms with Crippen molar-refractivity contribution in [1.29, 1.82) is 0 Å². The molecule has 3 nitrogen and oxygen atoms in total. The topological polar surface area (TPSA) is 42.4 Å². The molecule has 0 aromatic carbocycles. The van der Waals surface area contributed by atoms with Gasteiger partial charge < -0.3 is 9.84 Å². The van der Waals surface area contributed by atoms with E-state index in [4.69, 9.17) is 4.74 Å². The summed E-state index contributed by atoms with van der Waals surface area (Å²) in [4.78, 5) is 4.23. The molecule has 1 aliphatic rings. The first-order valence-corrected chi connectivity index (χ1v) is 7.75. The molecule has 0 unspecified atom stereocenters. The van der Waals surface area contributed by atoms with Crippen LogP contribution >= 0.6 is 0 Å². The fourth-order valence-electron chi connectivity index (χ4n) is 3.08. The number of aromatic nitrogens is 1. The molecule has 3 heteroatoms. The highest BCUT2D eigenvalue weighted by atomic mass is 16.5. The molecule has 0 radical (unpaired) electrons. The van der Waals surface area contributed by atoms with Crippen LogP contribution in [0.2, 0.25) is 0 Å². The summed E-state index contributed by atoms with van der Waals surface area (Å²) in [6.07, 6.45) is 7.44. The zero-order valence-electron chi connectivity index (χ0n) is 13.1. The molecule has 2 rings (SSSR count). The van der Waals surface area contributed by atoms with Crippen LogP contribution < -0.4 is 4.74 Å². The molecule has 20 heavy (non-hydrogen) atoms. The van der Waals surface area contributed by atoms with Gasteiger partial charge >= 0.3 is 0 Å². The Balaban J connectivity index is 2.11. The Morgan fingerprint density at radius 1 is 1.20 bits per heavy atom. The quantitative estimate of drug-likeness (QED) is 0.907. The summed E-state index contributed by atoms with van der Waals surface area (Å²) in [5.74, 6) is 2.18. The van der Waals surface area contributed by atoms with Gasteiger partial charge in [-0.15, -0.1) is 0 Å². The highest BCUT2D eigenvalue weighted by Crippen LogP contribution is 2.42. The predicted molar refractivity (Wildman–Crippen MR) is 80.7 cm³/mol. The molecule has 1 N–H and O–H groups in total. The van der Waals surface area contributed by atoms with Crippen molar-refractivity contribution in [3.05, 3.63) is 24.0 Å². The van der Waals surface area contributed by atoms with Gasteiger partial charge in [0.2, 0.25) is 0 Å². The molecular formula is C17H27NO2. The van der Waals surface area contributed by atoms with Crippen LogP contribution in [0.25, 0.3) is 0 Å². The van der Waals surface area contributed by atoms with Crippen LogP contribution in [0.3, 0.4) is 0 Å². The van der Waals surface area contributed by atoms with Crippen LogP contribution in [0.1, 0.15) is 58.9 Å². The monoisotopic (exact) mass is 277 g/mol. The normalized spacial score (nSPS) is 27.1. The van der Waals surface area contributed by atoms with Crippen molar-refractivity contribution < 1.29 is 9.84 Å². The van der Waals surface area contributed by atoms with Gasteiger partial charge in [-0.3, -0.25) is 4.98 Å². The maximum absolute atomic E-state index is 10.9. The molecule has 0 aliphatic heterocycles. The van der Waals surface area contributed by atoms with Gasteiger partial charge in [0.15, 0.2) is 0 Å². The van der Waals surface area contributed by atoms with E-state index >= 15 is 0 Å². The van der Waals surface area contributed by atoms with Gasteiger partial charge in [0.05, 0.1) is 17.9 Å². The molecule has 1 aromatic rings. The Bertz CT molecular complexity index is 434. The summed E-state index contributed by atoms with van der Waals surface area (Å²) in [5.41, 5.74) is 0.173. The standard InChI is InChI=1S/C17H27NO2/c1-12(2)14-5-7-17(19,8-6-14)15-9-16(11-18-10-15)20-13(3)4/h9-14,19H,5-8H2,1-4H3. The summed E-state index contributed by atoms with van der Waals surface area (Å²) < 4.78 is 5.68. The molecule has 0 amide bonds. The van der Waals surface area contributed by atoms with E-state index in [0.717, 1.165) is 42.9 Å². The average Bonchev–Trinajstić information content (AvgIpc) is 2.39. The molecule has 0 bridgehead atoms. The van der Waals surface area contributed by atoms with Crippen LogP contribution in [0, 0.1) is 11.8 Å². The van der Waals surface area contributed by atoms with Gasteiger partial charge in [0.1, 0.15) is 5.75 Å². The molecule has 1 heterocycles. The maximum atomic E-state index is 10.9. The van der Waals surface area contributed by atoms with Crippen molar-refractivity contribution >= 4 is 0 Å². The third-order valence-corrected chi connectivity index (χ3v) is 4.42. The molecule has 1 saturated carbocycles. The van der Waals surface area contributed by atoms with Gasteiger partial charge in [0.25, 0.3) is 0 Å². The van der Waals surface area contributed by atoms with Gasteiger partial charge in [-0.05, 0) is 57.4 Å². The number of ether oxygens (including phenoxy) is 1. The fraction of sp³-hybridized carbons (Fsp3) is 0.706. The van der Waals surface area contributed by atoms with E-state index in [1.165, 1.54) is 0 Å². The third kappa shape index (κ3) is 3.51. The van der Waals surface area contributed by atoms with E-state index in [1.807, 2.05) is 19.9 Å². The zero-order chi connectivity index (χ0) is 14.8. The summed E-state index contributed by atoms with van der Waals surface area (Å²) >= 11 is 0. The van der Waals surface area contributed by atoms with Crippen molar-refractivity contribution in [1.82, 2.24) is 4.98 Å². The Labute approximate surface area is 122 Å². The largest absolute Gasteiger partial charge is 0.489 e. The number of nitrogens with zero attached hydrogens (tertiary/aromatic N) is 1. The summed E-state index contributed by atoms with van der Waals surface area (Å²) in [7, 11) is 0. The molecule has 0 spiro atoms. The van der Waals surface area contributed by atoms with Crippen molar-refractivity contribution in [2.75, 3.05) is 0 Å². The first-order valence-electron chi connectivity index (χ1n) is 7.75. The van der Waals surface area contributed by atoms with E-state index < -0.39 is 5.60 Å². The highest BCUT2D eigenvalue weighted by molar-refractivity contribution is 5.28. The van der Waals surface area contributed by atoms with E-state index in [1.54, 1.807) is 12.4 Å². The Hall–Kier alpha value is -1.09. The second-order valence-electron chi connectivity index (χ2n) is 6.69. The average molecular weight is 277 g/mol. The smallest absolute Gasteiger partial charge is 0.138 e. The summed E-state index contributed by atoms with van der Waals surface area (Å²) in [6.45, 7) is 8.53. The lowest BCUT2D eigenvalue weighted by Gasteiger charge is -2.37. The zero-order valence-corrected chi connectivity index (χ0v) is 13.1. The number of hydrogen-bond acceptors (Lipinski definition) is 3. The van der Waals surface area contributed by atoms with Crippen LogP contribution in [0.4, 0.5) is 0 Å². The molecule has 1 fully saturated rings. The number of pyridine rings is 1. The van der Waals surface area contributed by atoms with Crippen molar-refractivity contribution in [3.63, 3.8) is 0 Å². The Morgan fingerprint density at radius 2 is 1.85 bits per heavy atom. The highest BCUT2D eigenvalue weighted by Gasteiger charge is 2.36. The van der Waals surface area contributed by atoms with Crippen LogP contribution in [-0.2, 0) is 5.60 Å². The minimum Gasteiger partial charge on any atom is -0.489 e. The van der Waals surface area contributed by atoms with Crippen LogP contribution in [0.5, 0.6) is 5.75 Å². The second-order valence-corrected chi connectivity index (χ2v) is 6.69. The fourth-order valence-corrected chi connectivity index (χ4v) is 3.08. The predicted octanol–water partition coefficient (Wildman–Crippen LogP) is 3.90. The molecule has 0 saturated heterocycles. The minimum atomic E-state index is -0.727. The third-order valence-electron chi connectivity index (χ3n) is 4.42. The van der Waals surface area contributed by atoms with Crippen molar-refractivity contribution in [2.45, 2.75) is 65.1 Å². The minimum absolute atomic E-state index is 0.123. The van der Waals surface area contributed by atoms with Crippen molar-refractivity contribution in [3.8, 4) is 5.75 Å². The van der Waals surface area contributed by atoms with Gasteiger partial charge in [-0.1, -0.05) is 13.8 Å². The molecule has 112 valence electrons. The van der Waals surface area contributed by atoms with E-state index in [-0.39, 0.29) is 6.10 Å². The molecule has 1 aromatic heterocycles. The lowest BCUT2D eigenvalue weighted by Crippen LogP contribution is -2.33. The Kier molecular flexibility index (Phi) is 4.69. The summed E-state index contributed by atoms with van der Waals surface area (Å²) in [6, 6.07) is 1.95. The van der Waals surface area contributed by atoms with Gasteiger partial charge in [-0.2, -0.15) is 0 Å².